The maximum absolute atomic E-state index is 14.7. The Labute approximate surface area is 288 Å². The Hall–Kier alpha value is -4.54. The van der Waals surface area contributed by atoms with Crippen molar-refractivity contribution in [3.8, 4) is 11.5 Å². The molecule has 254 valence electrons. The lowest BCUT2D eigenvalue weighted by molar-refractivity contribution is -0.140. The minimum atomic E-state index is -4.34. The molecule has 11 heteroatoms. The van der Waals surface area contributed by atoms with Crippen LogP contribution in [0, 0.1) is 6.92 Å². The number of rotatable bonds is 13. The lowest BCUT2D eigenvalue weighted by Crippen LogP contribution is -2.56. The van der Waals surface area contributed by atoms with Gasteiger partial charge in [0.05, 0.1) is 24.8 Å². The molecular weight excluding hydrogens is 650 g/mol. The van der Waals surface area contributed by atoms with Gasteiger partial charge in [-0.25, -0.2) is 8.42 Å². The van der Waals surface area contributed by atoms with Crippen molar-refractivity contribution in [2.24, 2.45) is 0 Å². The van der Waals surface area contributed by atoms with Gasteiger partial charge in [-0.2, -0.15) is 0 Å². The van der Waals surface area contributed by atoms with Crippen molar-refractivity contribution in [3.63, 3.8) is 0 Å². The number of aryl methyl sites for hydroxylation is 1. The molecule has 1 unspecified atom stereocenters. The van der Waals surface area contributed by atoms with E-state index < -0.39 is 34.1 Å². The summed E-state index contributed by atoms with van der Waals surface area (Å²) in [6.45, 7) is 6.78. The van der Waals surface area contributed by atoms with E-state index in [0.29, 0.717) is 11.3 Å². The van der Waals surface area contributed by atoms with Gasteiger partial charge in [0.2, 0.25) is 11.8 Å². The standard InChI is InChI=1S/C37H42ClN3O6S/c1-26-15-18-31(19-16-26)48(44,45)41(32-23-29(38)17-20-34(32)47-6)25-35(42)40(24-28-13-10-14-30(21-28)46-5)33(36(43)39-37(2,3)4)22-27-11-8-7-9-12-27/h7-21,23,33H,22,24-25H2,1-6H3,(H,39,43). The number of nitrogens with one attached hydrogen (secondary N) is 1. The maximum atomic E-state index is 14.7. The highest BCUT2D eigenvalue weighted by atomic mass is 35.5. The topological polar surface area (TPSA) is 105 Å². The van der Waals surface area contributed by atoms with Crippen LogP contribution in [0.2, 0.25) is 5.02 Å². The first-order chi connectivity index (χ1) is 22.7. The van der Waals surface area contributed by atoms with Gasteiger partial charge in [-0.05, 0) is 81.3 Å². The number of halogens is 1. The third kappa shape index (κ3) is 9.29. The molecule has 0 aromatic heterocycles. The van der Waals surface area contributed by atoms with E-state index >= 15 is 0 Å². The largest absolute Gasteiger partial charge is 0.497 e. The number of carbonyl (C=O) groups is 2. The molecule has 9 nitrogen and oxygen atoms in total. The molecule has 0 fully saturated rings. The van der Waals surface area contributed by atoms with Gasteiger partial charge in [-0.3, -0.25) is 13.9 Å². The van der Waals surface area contributed by atoms with Crippen LogP contribution >= 0.6 is 11.6 Å². The Kier molecular flexibility index (Phi) is 11.8. The normalized spacial score (nSPS) is 12.1. The van der Waals surface area contributed by atoms with Crippen molar-refractivity contribution in [3.05, 3.63) is 119 Å². The van der Waals surface area contributed by atoms with Crippen molar-refractivity contribution in [2.75, 3.05) is 25.1 Å². The Bertz CT molecular complexity index is 1830. The summed E-state index contributed by atoms with van der Waals surface area (Å²) in [5.74, 6) is -0.212. The van der Waals surface area contributed by atoms with Crippen LogP contribution in [-0.4, -0.2) is 57.5 Å². The molecule has 0 spiro atoms. The van der Waals surface area contributed by atoms with Crippen molar-refractivity contribution in [2.45, 2.75) is 57.1 Å². The van der Waals surface area contributed by atoms with Gasteiger partial charge in [-0.1, -0.05) is 71.8 Å². The fraction of sp³-hybridized carbons (Fsp3) is 0.297. The summed E-state index contributed by atoms with van der Waals surface area (Å²) in [7, 11) is -1.38. The molecule has 0 aliphatic carbocycles. The van der Waals surface area contributed by atoms with E-state index in [-0.39, 0.29) is 40.2 Å². The molecule has 48 heavy (non-hydrogen) atoms. The summed E-state index contributed by atoms with van der Waals surface area (Å²) in [4.78, 5) is 30.2. The molecule has 1 atom stereocenters. The minimum Gasteiger partial charge on any atom is -0.497 e. The zero-order chi connectivity index (χ0) is 35.1. The summed E-state index contributed by atoms with van der Waals surface area (Å²) in [5, 5.41) is 3.28. The quantitative estimate of drug-likeness (QED) is 0.174. The first-order valence-electron chi connectivity index (χ1n) is 15.4. The highest BCUT2D eigenvalue weighted by molar-refractivity contribution is 7.92. The van der Waals surface area contributed by atoms with Gasteiger partial charge in [-0.15, -0.1) is 0 Å². The second kappa shape index (κ2) is 15.6. The van der Waals surface area contributed by atoms with Crippen LogP contribution in [0.15, 0.2) is 102 Å². The third-order valence-corrected chi connectivity index (χ3v) is 9.56. The van der Waals surface area contributed by atoms with E-state index in [9.17, 15) is 18.0 Å². The van der Waals surface area contributed by atoms with Gasteiger partial charge in [0.25, 0.3) is 10.0 Å². The Balaban J connectivity index is 1.88. The molecule has 0 aliphatic heterocycles. The maximum Gasteiger partial charge on any atom is 0.264 e. The lowest BCUT2D eigenvalue weighted by atomic mass is 10.0. The predicted molar refractivity (Wildman–Crippen MR) is 189 cm³/mol. The van der Waals surface area contributed by atoms with Crippen molar-refractivity contribution < 1.29 is 27.5 Å². The predicted octanol–water partition coefficient (Wildman–Crippen LogP) is 6.42. The van der Waals surface area contributed by atoms with E-state index in [4.69, 9.17) is 21.1 Å². The molecule has 0 radical (unpaired) electrons. The third-order valence-electron chi connectivity index (χ3n) is 7.55. The number of anilines is 1. The van der Waals surface area contributed by atoms with Crippen LogP contribution in [0.4, 0.5) is 5.69 Å². The van der Waals surface area contributed by atoms with E-state index in [1.165, 1.54) is 30.2 Å². The SMILES string of the molecule is COc1cccc(CN(C(=O)CN(c2cc(Cl)ccc2OC)S(=O)(=O)c2ccc(C)cc2)C(Cc2ccccc2)C(=O)NC(C)(C)C)c1. The average molecular weight is 692 g/mol. The summed E-state index contributed by atoms with van der Waals surface area (Å²) >= 11 is 6.38. The van der Waals surface area contributed by atoms with E-state index in [0.717, 1.165) is 15.4 Å². The number of nitrogens with zero attached hydrogens (tertiary/aromatic N) is 2. The van der Waals surface area contributed by atoms with Crippen LogP contribution in [0.5, 0.6) is 11.5 Å². The molecule has 4 aromatic rings. The summed E-state index contributed by atoms with van der Waals surface area (Å²) in [6.07, 6.45) is 0.184. The van der Waals surface area contributed by atoms with Crippen LogP contribution in [-0.2, 0) is 32.6 Å². The second-order valence-corrected chi connectivity index (χ2v) is 14.8. The Morgan fingerprint density at radius 3 is 2.15 bits per heavy atom. The van der Waals surface area contributed by atoms with Crippen LogP contribution in [0.25, 0.3) is 0 Å². The van der Waals surface area contributed by atoms with Gasteiger partial charge in [0.1, 0.15) is 24.1 Å². The van der Waals surface area contributed by atoms with Gasteiger partial charge >= 0.3 is 0 Å². The molecule has 0 aliphatic rings. The smallest absolute Gasteiger partial charge is 0.264 e. The summed E-state index contributed by atoms with van der Waals surface area (Å²) in [6, 6.07) is 26.5. The number of benzene rings is 4. The van der Waals surface area contributed by atoms with Crippen molar-refractivity contribution in [1.82, 2.24) is 10.2 Å². The molecule has 0 heterocycles. The van der Waals surface area contributed by atoms with Gasteiger partial charge in [0, 0.05) is 23.5 Å². The zero-order valence-corrected chi connectivity index (χ0v) is 29.6. The number of amides is 2. The van der Waals surface area contributed by atoms with Crippen LogP contribution < -0.4 is 19.1 Å². The molecule has 4 rings (SSSR count). The first kappa shape index (κ1) is 36.3. The van der Waals surface area contributed by atoms with Crippen LogP contribution in [0.1, 0.15) is 37.5 Å². The number of ether oxygens (including phenoxy) is 2. The average Bonchev–Trinajstić information content (AvgIpc) is 3.05. The molecule has 2 amide bonds. The number of sulfonamides is 1. The summed E-state index contributed by atoms with van der Waals surface area (Å²) < 4.78 is 40.7. The van der Waals surface area contributed by atoms with Crippen molar-refractivity contribution >= 4 is 39.1 Å². The monoisotopic (exact) mass is 691 g/mol. The zero-order valence-electron chi connectivity index (χ0n) is 28.1. The minimum absolute atomic E-state index is 0.00377. The molecule has 4 aromatic carbocycles. The van der Waals surface area contributed by atoms with Gasteiger partial charge < -0.3 is 19.7 Å². The molecule has 0 saturated heterocycles. The van der Waals surface area contributed by atoms with Crippen LogP contribution in [0.3, 0.4) is 0 Å². The van der Waals surface area contributed by atoms with E-state index in [1.54, 1.807) is 49.6 Å². The fourth-order valence-electron chi connectivity index (χ4n) is 5.18. The molecular formula is C37H42ClN3O6S. The highest BCUT2D eigenvalue weighted by Crippen LogP contribution is 2.35. The number of methoxy groups -OCH3 is 2. The number of carbonyl (C=O) groups excluding carboxylic acids is 2. The molecule has 0 saturated carbocycles. The van der Waals surface area contributed by atoms with Gasteiger partial charge in [0.15, 0.2) is 0 Å². The molecule has 1 N–H and O–H groups in total. The van der Waals surface area contributed by atoms with E-state index in [2.05, 4.69) is 5.32 Å². The number of hydrogen-bond acceptors (Lipinski definition) is 6. The van der Waals surface area contributed by atoms with E-state index in [1.807, 2.05) is 64.1 Å². The Morgan fingerprint density at radius 1 is 0.854 bits per heavy atom. The summed E-state index contributed by atoms with van der Waals surface area (Å²) in [5.41, 5.74) is 1.87. The van der Waals surface area contributed by atoms with Crippen molar-refractivity contribution in [1.29, 1.82) is 0 Å². The Morgan fingerprint density at radius 2 is 1.52 bits per heavy atom. The number of hydrogen-bond donors (Lipinski definition) is 1. The first-order valence-corrected chi connectivity index (χ1v) is 17.2. The molecule has 0 bridgehead atoms. The highest BCUT2D eigenvalue weighted by Gasteiger charge is 2.36. The lowest BCUT2D eigenvalue weighted by Gasteiger charge is -2.35. The fourth-order valence-corrected chi connectivity index (χ4v) is 6.77. The second-order valence-electron chi connectivity index (χ2n) is 12.5.